The Labute approximate surface area is 280 Å². The zero-order valence-electron chi connectivity index (χ0n) is 29.8. The summed E-state index contributed by atoms with van der Waals surface area (Å²) in [5.41, 5.74) is 0.704. The molecular formula is C35H57N3O9. The molecule has 0 aromatic heterocycles. The summed E-state index contributed by atoms with van der Waals surface area (Å²) in [6.45, 7) is 11.6. The first-order valence-electron chi connectivity index (χ1n) is 16.6. The number of hydrogen-bond donors (Lipinski definition) is 2. The smallest absolute Gasteiger partial charge is 0.438 e. The highest BCUT2D eigenvalue weighted by Crippen LogP contribution is 2.30. The summed E-state index contributed by atoms with van der Waals surface area (Å²) in [4.78, 5) is 56.2. The number of carbonyl (C=O) groups excluding carboxylic acids is 4. The van der Waals surface area contributed by atoms with E-state index in [2.05, 4.69) is 10.1 Å². The molecule has 12 nitrogen and oxygen atoms in total. The molecule has 1 fully saturated rings. The number of nitrogens with one attached hydrogen (secondary N) is 1. The van der Waals surface area contributed by atoms with Gasteiger partial charge in [-0.05, 0) is 37.2 Å². The lowest BCUT2D eigenvalue weighted by atomic mass is 9.89. The Hall–Kier alpha value is -3.22. The molecule has 1 aromatic rings. The number of amides is 3. The Balaban J connectivity index is 2.21. The van der Waals surface area contributed by atoms with Crippen LogP contribution in [0.25, 0.3) is 0 Å². The molecule has 2 N–H and O–H groups in total. The average Bonchev–Trinajstić information content (AvgIpc) is 3.55. The lowest BCUT2D eigenvalue weighted by molar-refractivity contribution is -0.152. The molecule has 0 saturated carbocycles. The molecule has 2 rings (SSSR count). The number of rotatable bonds is 17. The number of nitrogens with zero attached hydrogens (tertiary/aromatic N) is 2. The van der Waals surface area contributed by atoms with Crippen LogP contribution in [0.15, 0.2) is 30.3 Å². The van der Waals surface area contributed by atoms with Crippen molar-refractivity contribution in [2.24, 2.45) is 17.8 Å². The molecule has 1 heterocycles. The highest BCUT2D eigenvalue weighted by atomic mass is 16.7. The number of benzene rings is 1. The molecule has 47 heavy (non-hydrogen) atoms. The van der Waals surface area contributed by atoms with Gasteiger partial charge in [0.1, 0.15) is 0 Å². The first kappa shape index (κ1) is 40.0. The normalized spacial score (nSPS) is 19.9. The lowest BCUT2D eigenvalue weighted by Crippen LogP contribution is -2.55. The number of methoxy groups -OCH3 is 3. The number of aliphatic hydroxyl groups is 1. The summed E-state index contributed by atoms with van der Waals surface area (Å²) in [6.07, 6.45) is -2.00. The molecule has 0 spiro atoms. The molecule has 1 aliphatic rings. The Morgan fingerprint density at radius 2 is 1.66 bits per heavy atom. The molecular weight excluding hydrogens is 606 g/mol. The largest absolute Gasteiger partial charge is 0.508 e. The number of carbonyl (C=O) groups is 4. The number of ether oxygens (including phenoxy) is 4. The summed E-state index contributed by atoms with van der Waals surface area (Å²) in [5.74, 6) is -1.83. The predicted octanol–water partition coefficient (Wildman–Crippen LogP) is 3.95. The molecule has 0 radical (unpaired) electrons. The Kier molecular flexibility index (Phi) is 16.1. The Bertz CT molecular complexity index is 1150. The van der Waals surface area contributed by atoms with E-state index in [1.165, 1.54) is 26.2 Å². The van der Waals surface area contributed by atoms with Crippen LogP contribution in [0.4, 0.5) is 4.79 Å². The topological polar surface area (TPSA) is 144 Å². The maximum Gasteiger partial charge on any atom is 0.508 e. The van der Waals surface area contributed by atoms with Gasteiger partial charge in [-0.2, -0.15) is 0 Å². The van der Waals surface area contributed by atoms with Gasteiger partial charge in [-0.25, -0.2) is 4.79 Å². The second-order valence-electron chi connectivity index (χ2n) is 13.0. The van der Waals surface area contributed by atoms with Gasteiger partial charge in [0.15, 0.2) is 6.10 Å². The van der Waals surface area contributed by atoms with Crippen molar-refractivity contribution in [3.63, 3.8) is 0 Å². The van der Waals surface area contributed by atoms with Crippen LogP contribution in [0.3, 0.4) is 0 Å². The van der Waals surface area contributed by atoms with Crippen molar-refractivity contribution < 1.29 is 43.2 Å². The maximum atomic E-state index is 14.0. The summed E-state index contributed by atoms with van der Waals surface area (Å²) in [5, 5.41) is 13.7. The molecule has 3 amide bonds. The first-order chi connectivity index (χ1) is 22.2. The van der Waals surface area contributed by atoms with Crippen molar-refractivity contribution in [3.8, 4) is 0 Å². The second kappa shape index (κ2) is 18.9. The number of hydrogen-bond acceptors (Lipinski definition) is 9. The minimum atomic E-state index is -1.07. The van der Waals surface area contributed by atoms with Crippen molar-refractivity contribution >= 4 is 23.9 Å². The van der Waals surface area contributed by atoms with Crippen molar-refractivity contribution in [3.05, 3.63) is 35.9 Å². The SMILES string of the molecule is CC[C@H](C)[C@@H]([C@@H](CC(=O)N1CCC[C@H]1[C@H](OC)[C@@H](C)C(=O)N[C@H](C)[C@@H](O)c1ccccc1)OC)N(C)C(=O)[C@@H](OC(=O)OC)C(C)C. The summed E-state index contributed by atoms with van der Waals surface area (Å²) in [6, 6.07) is 7.76. The fourth-order valence-corrected chi connectivity index (χ4v) is 6.50. The van der Waals surface area contributed by atoms with Crippen LogP contribution in [0, 0.1) is 17.8 Å². The second-order valence-corrected chi connectivity index (χ2v) is 13.0. The van der Waals surface area contributed by atoms with E-state index in [0.717, 1.165) is 6.42 Å². The lowest BCUT2D eigenvalue weighted by Gasteiger charge is -2.40. The van der Waals surface area contributed by atoms with Gasteiger partial charge in [-0.15, -0.1) is 0 Å². The summed E-state index contributed by atoms with van der Waals surface area (Å²) >= 11 is 0. The summed E-state index contributed by atoms with van der Waals surface area (Å²) < 4.78 is 21.7. The maximum absolute atomic E-state index is 14.0. The van der Waals surface area contributed by atoms with Crippen LogP contribution < -0.4 is 5.32 Å². The van der Waals surface area contributed by atoms with Crippen LogP contribution >= 0.6 is 0 Å². The van der Waals surface area contributed by atoms with Crippen LogP contribution in [-0.4, -0.2) is 110 Å². The van der Waals surface area contributed by atoms with Gasteiger partial charge in [0.2, 0.25) is 11.8 Å². The zero-order valence-corrected chi connectivity index (χ0v) is 29.8. The molecule has 1 aromatic carbocycles. The fraction of sp³-hybridized carbons (Fsp3) is 0.714. The molecule has 12 heteroatoms. The van der Waals surface area contributed by atoms with Gasteiger partial charge in [0, 0.05) is 27.8 Å². The molecule has 266 valence electrons. The van der Waals surface area contributed by atoms with E-state index < -0.39 is 54.5 Å². The monoisotopic (exact) mass is 663 g/mol. The van der Waals surface area contributed by atoms with Gasteiger partial charge >= 0.3 is 6.16 Å². The summed E-state index contributed by atoms with van der Waals surface area (Å²) in [7, 11) is 5.89. The molecule has 0 unspecified atom stereocenters. The minimum Gasteiger partial charge on any atom is -0.438 e. The average molecular weight is 664 g/mol. The van der Waals surface area contributed by atoms with E-state index in [1.54, 1.807) is 39.6 Å². The number of likely N-dealkylation sites (tertiary alicyclic amines) is 1. The van der Waals surface area contributed by atoms with E-state index in [1.807, 2.05) is 44.2 Å². The highest BCUT2D eigenvalue weighted by Gasteiger charge is 2.43. The van der Waals surface area contributed by atoms with Crippen molar-refractivity contribution in [1.29, 1.82) is 0 Å². The quantitative estimate of drug-likeness (QED) is 0.237. The van der Waals surface area contributed by atoms with Crippen molar-refractivity contribution in [2.75, 3.05) is 34.9 Å². The van der Waals surface area contributed by atoms with E-state index in [0.29, 0.717) is 24.9 Å². The molecule has 0 bridgehead atoms. The third kappa shape index (κ3) is 10.4. The van der Waals surface area contributed by atoms with Gasteiger partial charge in [-0.1, -0.05) is 71.4 Å². The molecule has 1 aliphatic heterocycles. The Morgan fingerprint density at radius 3 is 2.19 bits per heavy atom. The Morgan fingerprint density at radius 1 is 1.02 bits per heavy atom. The van der Waals surface area contributed by atoms with E-state index in [4.69, 9.17) is 14.2 Å². The highest BCUT2D eigenvalue weighted by molar-refractivity contribution is 5.84. The third-order valence-corrected chi connectivity index (χ3v) is 9.48. The molecule has 9 atom stereocenters. The number of likely N-dealkylation sites (N-methyl/N-ethyl adjacent to an activating group) is 1. The number of aliphatic hydroxyl groups excluding tert-OH is 1. The third-order valence-electron chi connectivity index (χ3n) is 9.48. The van der Waals surface area contributed by atoms with E-state index in [9.17, 15) is 24.3 Å². The fourth-order valence-electron chi connectivity index (χ4n) is 6.50. The molecule has 0 aliphatic carbocycles. The van der Waals surface area contributed by atoms with Gasteiger partial charge in [0.25, 0.3) is 5.91 Å². The van der Waals surface area contributed by atoms with Gasteiger partial charge in [0.05, 0.1) is 55.9 Å². The molecule has 1 saturated heterocycles. The standard InChI is InChI=1S/C35H57N3O9/c1-11-22(4)29(37(7)34(42)31(21(2)3)47-35(43)46-10)27(44-8)20-28(39)38-19-15-18-26(38)32(45-9)23(5)33(41)36-24(6)30(40)25-16-13-12-14-17-25/h12-14,16-17,21-24,26-27,29-32,40H,11,15,18-20H2,1-10H3,(H,36,41)/t22-,23+,24+,26-,27+,29-,30+,31-,32+/m0/s1. The van der Waals surface area contributed by atoms with Crippen LogP contribution in [0.2, 0.25) is 0 Å². The van der Waals surface area contributed by atoms with Gasteiger partial charge < -0.3 is 39.2 Å². The van der Waals surface area contributed by atoms with E-state index in [-0.39, 0.29) is 36.1 Å². The van der Waals surface area contributed by atoms with Crippen molar-refractivity contribution in [2.45, 2.75) is 110 Å². The van der Waals surface area contributed by atoms with Crippen LogP contribution in [0.5, 0.6) is 0 Å². The van der Waals surface area contributed by atoms with E-state index >= 15 is 0 Å². The first-order valence-corrected chi connectivity index (χ1v) is 16.6. The predicted molar refractivity (Wildman–Crippen MR) is 177 cm³/mol. The van der Waals surface area contributed by atoms with Gasteiger partial charge in [-0.3, -0.25) is 14.4 Å². The zero-order chi connectivity index (χ0) is 35.4. The minimum absolute atomic E-state index is 0.00114. The van der Waals surface area contributed by atoms with Crippen LogP contribution in [0.1, 0.15) is 78.9 Å². The van der Waals surface area contributed by atoms with Crippen LogP contribution in [-0.2, 0) is 33.3 Å². The van der Waals surface area contributed by atoms with Crippen molar-refractivity contribution in [1.82, 2.24) is 15.1 Å².